The highest BCUT2D eigenvalue weighted by molar-refractivity contribution is 5.80. The van der Waals surface area contributed by atoms with Gasteiger partial charge in [0.15, 0.2) is 0 Å². The number of hydrogen-bond donors (Lipinski definition) is 2. The molecule has 2 N–H and O–H groups in total. The lowest BCUT2D eigenvalue weighted by atomic mass is 10.1. The molecule has 6 nitrogen and oxygen atoms in total. The largest absolute Gasteiger partial charge is 0.480 e. The average molecular weight is 272 g/mol. The smallest absolute Gasteiger partial charge is 0.323 e. The molecule has 0 aromatic carbocycles. The minimum Gasteiger partial charge on any atom is -0.480 e. The summed E-state index contributed by atoms with van der Waals surface area (Å²) in [7, 11) is 0. The molecule has 1 atom stereocenters. The number of carbonyl (C=O) groups excluding carboxylic acids is 1. The summed E-state index contributed by atoms with van der Waals surface area (Å²) < 4.78 is 5.53. The lowest BCUT2D eigenvalue weighted by Gasteiger charge is -2.35. The Morgan fingerprint density at radius 3 is 2.53 bits per heavy atom. The number of nitrogens with zero attached hydrogens (tertiary/aromatic N) is 1. The molecule has 1 heterocycles. The van der Waals surface area contributed by atoms with Gasteiger partial charge in [0.1, 0.15) is 6.54 Å². The third-order valence-corrected chi connectivity index (χ3v) is 3.10. The van der Waals surface area contributed by atoms with Crippen LogP contribution in [0.25, 0.3) is 0 Å². The maximum atomic E-state index is 12.1. The third kappa shape index (κ3) is 5.46. The first kappa shape index (κ1) is 15.8. The van der Waals surface area contributed by atoms with Crippen molar-refractivity contribution in [3.8, 4) is 0 Å². The molecule has 0 radical (unpaired) electrons. The highest BCUT2D eigenvalue weighted by atomic mass is 16.5. The van der Waals surface area contributed by atoms with Crippen LogP contribution in [-0.4, -0.2) is 53.3 Å². The van der Waals surface area contributed by atoms with E-state index in [0.717, 1.165) is 25.9 Å². The quantitative estimate of drug-likeness (QED) is 0.812. The van der Waals surface area contributed by atoms with E-state index in [9.17, 15) is 9.59 Å². The first-order valence-corrected chi connectivity index (χ1v) is 6.69. The van der Waals surface area contributed by atoms with Crippen molar-refractivity contribution in [2.75, 3.05) is 19.7 Å². The highest BCUT2D eigenvalue weighted by Gasteiger charge is 2.28. The van der Waals surface area contributed by atoms with Crippen LogP contribution in [0.15, 0.2) is 0 Å². The van der Waals surface area contributed by atoms with E-state index in [1.54, 1.807) is 0 Å². The van der Waals surface area contributed by atoms with Crippen molar-refractivity contribution in [1.29, 1.82) is 0 Å². The summed E-state index contributed by atoms with van der Waals surface area (Å²) >= 11 is 0. The Morgan fingerprint density at radius 2 is 2.05 bits per heavy atom. The van der Waals surface area contributed by atoms with E-state index in [1.807, 2.05) is 20.8 Å². The van der Waals surface area contributed by atoms with Crippen molar-refractivity contribution in [2.45, 2.75) is 51.7 Å². The molecule has 1 saturated heterocycles. The van der Waals surface area contributed by atoms with E-state index in [2.05, 4.69) is 5.32 Å². The standard InChI is InChI=1S/C13H24N2O4/c1-13(2,3)15(9-11(16)17)12(18)14-8-10-6-4-5-7-19-10/h10H,4-9H2,1-3H3,(H,14,18)(H,16,17). The molecule has 0 bridgehead atoms. The van der Waals surface area contributed by atoms with Crippen molar-refractivity contribution in [3.05, 3.63) is 0 Å². The third-order valence-electron chi connectivity index (χ3n) is 3.10. The van der Waals surface area contributed by atoms with Crippen LogP contribution in [0, 0.1) is 0 Å². The number of carboxylic acids is 1. The van der Waals surface area contributed by atoms with Crippen molar-refractivity contribution in [3.63, 3.8) is 0 Å². The van der Waals surface area contributed by atoms with Gasteiger partial charge in [0.2, 0.25) is 0 Å². The van der Waals surface area contributed by atoms with Gasteiger partial charge < -0.3 is 20.1 Å². The summed E-state index contributed by atoms with van der Waals surface area (Å²) in [5.74, 6) is -1.01. The Morgan fingerprint density at radius 1 is 1.37 bits per heavy atom. The van der Waals surface area contributed by atoms with E-state index >= 15 is 0 Å². The van der Waals surface area contributed by atoms with Crippen LogP contribution in [0.5, 0.6) is 0 Å². The van der Waals surface area contributed by atoms with Crippen LogP contribution in [-0.2, 0) is 9.53 Å². The molecule has 0 aromatic rings. The van der Waals surface area contributed by atoms with Crippen molar-refractivity contribution >= 4 is 12.0 Å². The molecule has 1 rings (SSSR count). The van der Waals surface area contributed by atoms with Crippen LogP contribution in [0.2, 0.25) is 0 Å². The normalized spacial score (nSPS) is 19.8. The summed E-state index contributed by atoms with van der Waals surface area (Å²) in [5.41, 5.74) is -0.532. The maximum Gasteiger partial charge on any atom is 0.323 e. The molecule has 6 heteroatoms. The topological polar surface area (TPSA) is 78.9 Å². The van der Waals surface area contributed by atoms with Crippen molar-refractivity contribution < 1.29 is 19.4 Å². The number of ether oxygens (including phenoxy) is 1. The molecular formula is C13H24N2O4. The number of hydrogen-bond acceptors (Lipinski definition) is 3. The van der Waals surface area contributed by atoms with Gasteiger partial charge in [0.05, 0.1) is 6.10 Å². The second kappa shape index (κ2) is 6.75. The second-order valence-electron chi connectivity index (χ2n) is 5.83. The minimum absolute atomic E-state index is 0.0457. The van der Waals surface area contributed by atoms with Crippen molar-refractivity contribution in [1.82, 2.24) is 10.2 Å². The molecule has 19 heavy (non-hydrogen) atoms. The van der Waals surface area contributed by atoms with Crippen LogP contribution < -0.4 is 5.32 Å². The van der Waals surface area contributed by atoms with E-state index in [-0.39, 0.29) is 18.7 Å². The van der Waals surface area contributed by atoms with E-state index in [0.29, 0.717) is 6.54 Å². The zero-order valence-electron chi connectivity index (χ0n) is 11.9. The fourth-order valence-corrected chi connectivity index (χ4v) is 2.01. The lowest BCUT2D eigenvalue weighted by molar-refractivity contribution is -0.138. The Balaban J connectivity index is 2.49. The highest BCUT2D eigenvalue weighted by Crippen LogP contribution is 2.14. The Labute approximate surface area is 114 Å². The fourth-order valence-electron chi connectivity index (χ4n) is 2.01. The molecule has 1 aliphatic heterocycles. The number of amides is 2. The molecule has 1 aliphatic rings. The fraction of sp³-hybridized carbons (Fsp3) is 0.846. The van der Waals surface area contributed by atoms with Crippen LogP contribution in [0.3, 0.4) is 0 Å². The Hall–Kier alpha value is -1.30. The number of urea groups is 1. The van der Waals surface area contributed by atoms with Gasteiger partial charge in [0, 0.05) is 18.7 Å². The maximum absolute atomic E-state index is 12.1. The van der Waals surface area contributed by atoms with Crippen LogP contribution >= 0.6 is 0 Å². The van der Waals surface area contributed by atoms with Gasteiger partial charge in [-0.05, 0) is 40.0 Å². The zero-order valence-corrected chi connectivity index (χ0v) is 11.9. The van der Waals surface area contributed by atoms with Crippen LogP contribution in [0.4, 0.5) is 4.79 Å². The molecule has 110 valence electrons. The molecule has 0 aromatic heterocycles. The van der Waals surface area contributed by atoms with Gasteiger partial charge in [-0.3, -0.25) is 4.79 Å². The molecule has 1 fully saturated rings. The Kier molecular flexibility index (Phi) is 5.60. The van der Waals surface area contributed by atoms with E-state index in [1.165, 1.54) is 4.90 Å². The average Bonchev–Trinajstić information content (AvgIpc) is 2.33. The monoisotopic (exact) mass is 272 g/mol. The summed E-state index contributed by atoms with van der Waals surface area (Å²) in [6, 6.07) is -0.357. The molecule has 0 spiro atoms. The predicted molar refractivity (Wildman–Crippen MR) is 71.1 cm³/mol. The van der Waals surface area contributed by atoms with Gasteiger partial charge in [0.25, 0.3) is 0 Å². The van der Waals surface area contributed by atoms with Crippen LogP contribution in [0.1, 0.15) is 40.0 Å². The van der Waals surface area contributed by atoms with Gasteiger partial charge in [-0.15, -0.1) is 0 Å². The predicted octanol–water partition coefficient (Wildman–Crippen LogP) is 1.45. The van der Waals surface area contributed by atoms with Gasteiger partial charge >= 0.3 is 12.0 Å². The second-order valence-corrected chi connectivity index (χ2v) is 5.83. The van der Waals surface area contributed by atoms with Gasteiger partial charge in [-0.2, -0.15) is 0 Å². The van der Waals surface area contributed by atoms with Gasteiger partial charge in [-0.25, -0.2) is 4.79 Å². The van der Waals surface area contributed by atoms with E-state index in [4.69, 9.17) is 9.84 Å². The molecule has 0 saturated carbocycles. The Bertz CT molecular complexity index is 319. The molecule has 0 aliphatic carbocycles. The summed E-state index contributed by atoms with van der Waals surface area (Å²) in [5, 5.41) is 11.6. The number of aliphatic carboxylic acids is 1. The lowest BCUT2D eigenvalue weighted by Crippen LogP contribution is -2.53. The zero-order chi connectivity index (χ0) is 14.5. The SMILES string of the molecule is CC(C)(C)N(CC(=O)O)C(=O)NCC1CCCCO1. The number of carboxylic acid groups (broad SMARTS) is 1. The summed E-state index contributed by atoms with van der Waals surface area (Å²) in [4.78, 5) is 24.2. The van der Waals surface area contributed by atoms with Crippen molar-refractivity contribution in [2.24, 2.45) is 0 Å². The molecular weight excluding hydrogens is 248 g/mol. The minimum atomic E-state index is -1.01. The van der Waals surface area contributed by atoms with Gasteiger partial charge in [-0.1, -0.05) is 0 Å². The summed E-state index contributed by atoms with van der Waals surface area (Å²) in [6.07, 6.45) is 3.16. The number of rotatable bonds is 4. The first-order chi connectivity index (χ1) is 8.80. The van der Waals surface area contributed by atoms with E-state index < -0.39 is 11.5 Å². The number of nitrogens with one attached hydrogen (secondary N) is 1. The number of carbonyl (C=O) groups is 2. The molecule has 2 amide bonds. The molecule has 1 unspecified atom stereocenters. The summed E-state index contributed by atoms with van der Waals surface area (Å²) in [6.45, 7) is 6.30. The first-order valence-electron chi connectivity index (χ1n) is 6.69.